The van der Waals surface area contributed by atoms with Crippen molar-refractivity contribution in [1.29, 1.82) is 0 Å². The van der Waals surface area contributed by atoms with Gasteiger partial charge in [0.1, 0.15) is 48.1 Å². The van der Waals surface area contributed by atoms with Gasteiger partial charge >= 0.3 is 0 Å². The molecule has 0 saturated carbocycles. The van der Waals surface area contributed by atoms with E-state index in [1.165, 1.54) is 38.5 Å². The lowest BCUT2D eigenvalue weighted by Gasteiger charge is -2.42. The van der Waals surface area contributed by atoms with E-state index >= 15 is 8.42 Å². The van der Waals surface area contributed by atoms with Crippen LogP contribution in [0.15, 0.2) is 140 Å². The predicted molar refractivity (Wildman–Crippen MR) is 303 cm³/mol. The molecule has 0 aromatic heterocycles. The highest BCUT2D eigenvalue weighted by atomic mass is 32.2. The van der Waals surface area contributed by atoms with E-state index in [0.717, 1.165) is 67.1 Å². The molecule has 3 unspecified atom stereocenters. The third-order valence-corrected chi connectivity index (χ3v) is 16.9. The number of nitrogens with zero attached hydrogens (tertiary/aromatic N) is 2. The van der Waals surface area contributed by atoms with Gasteiger partial charge < -0.3 is 33.5 Å². The second-order valence-corrected chi connectivity index (χ2v) is 22.0. The molecular weight excluding hydrogens is 989 g/mol. The number of aliphatic hydroxyl groups is 1. The lowest BCUT2D eigenvalue weighted by Crippen LogP contribution is -2.48. The summed E-state index contributed by atoms with van der Waals surface area (Å²) in [6, 6.07) is 43.4. The largest absolute Gasteiger partial charge is 0.497 e. The van der Waals surface area contributed by atoms with E-state index < -0.39 is 27.3 Å². The summed E-state index contributed by atoms with van der Waals surface area (Å²) in [6.07, 6.45) is 8.17. The van der Waals surface area contributed by atoms with Crippen LogP contribution in [0.5, 0.6) is 28.7 Å². The van der Waals surface area contributed by atoms with E-state index in [0.29, 0.717) is 95.5 Å². The Morgan fingerprint density at radius 2 is 1.12 bits per heavy atom. The lowest BCUT2D eigenvalue weighted by molar-refractivity contribution is -0.0578. The Bertz CT molecular complexity index is 3160. The molecule has 2 saturated heterocycles. The third-order valence-electron chi connectivity index (χ3n) is 15.9. The summed E-state index contributed by atoms with van der Waals surface area (Å²) < 4.78 is 80.0. The summed E-state index contributed by atoms with van der Waals surface area (Å²) in [5.74, 6) is 2.99. The maximum absolute atomic E-state index is 15.1. The summed E-state index contributed by atoms with van der Waals surface area (Å²) in [7, 11) is -0.587. The molecule has 77 heavy (non-hydrogen) atoms. The zero-order valence-electron chi connectivity index (χ0n) is 44.6. The Morgan fingerprint density at radius 1 is 0.545 bits per heavy atom. The Labute approximate surface area is 454 Å². The number of fused-ring (bicyclic) bond motifs is 2. The predicted octanol–water partition coefficient (Wildman–Crippen LogP) is 11.7. The van der Waals surface area contributed by atoms with Crippen LogP contribution in [0.1, 0.15) is 102 Å². The molecule has 2 heterocycles. The molecule has 6 aromatic carbocycles. The van der Waals surface area contributed by atoms with Crippen LogP contribution in [-0.4, -0.2) is 107 Å². The van der Waals surface area contributed by atoms with Crippen molar-refractivity contribution in [1.82, 2.24) is 9.80 Å². The SMILES string of the molecule is COc1cccc(C2=C(C(OC(C(O)(C3=C(c4ccccc4OC)CCc4cc(OC)ccc43)c3ccc(OCCN4CCCCC4)cc3)S(=O)(=O)O)c3ccc(OCCN4CCCCC4)cc3)c3ccccc3CC2)c1. The maximum atomic E-state index is 15.1. The Balaban J connectivity index is 1.17. The van der Waals surface area contributed by atoms with Crippen molar-refractivity contribution in [2.45, 2.75) is 81.3 Å². The zero-order valence-corrected chi connectivity index (χ0v) is 45.4. The first-order valence-electron chi connectivity index (χ1n) is 27.3. The Kier molecular flexibility index (Phi) is 17.1. The number of likely N-dealkylation sites (tertiary alicyclic amines) is 2. The van der Waals surface area contributed by atoms with Crippen molar-refractivity contribution in [3.05, 3.63) is 184 Å². The molecule has 2 N–H and O–H groups in total. The average Bonchev–Trinajstić information content (AvgIpc) is 3.51. The maximum Gasteiger partial charge on any atom is 0.296 e. The molecule has 0 radical (unpaired) electrons. The van der Waals surface area contributed by atoms with Crippen molar-refractivity contribution in [3.63, 3.8) is 0 Å². The van der Waals surface area contributed by atoms with E-state index in [1.807, 2.05) is 103 Å². The van der Waals surface area contributed by atoms with Crippen LogP contribution >= 0.6 is 0 Å². The number of hydrogen-bond donors (Lipinski definition) is 2. The van der Waals surface area contributed by atoms with Gasteiger partial charge in [0.05, 0.1) is 21.3 Å². The molecule has 2 aliphatic carbocycles. The normalized spacial score (nSPS) is 17.9. The number of hydrogen-bond acceptors (Lipinski definition) is 11. The fourth-order valence-corrected chi connectivity index (χ4v) is 12.9. The van der Waals surface area contributed by atoms with Crippen LogP contribution in [0, 0.1) is 0 Å². The van der Waals surface area contributed by atoms with Crippen LogP contribution in [0.25, 0.3) is 22.3 Å². The van der Waals surface area contributed by atoms with Crippen LogP contribution in [0.3, 0.4) is 0 Å². The molecular formula is C64H72N2O10S. The first-order chi connectivity index (χ1) is 37.5. The molecule has 3 atom stereocenters. The number of aryl methyl sites for hydroxylation is 2. The van der Waals surface area contributed by atoms with Crippen LogP contribution in [0.4, 0.5) is 0 Å². The molecule has 12 nitrogen and oxygen atoms in total. The van der Waals surface area contributed by atoms with E-state index in [9.17, 15) is 9.66 Å². The zero-order chi connectivity index (χ0) is 53.4. The van der Waals surface area contributed by atoms with Crippen LogP contribution in [0.2, 0.25) is 0 Å². The summed E-state index contributed by atoms with van der Waals surface area (Å²) in [4.78, 5) is 4.83. The molecule has 0 bridgehead atoms. The standard InChI is InChI=1S/C64H72N2O10S/c1-71-52-17-14-16-47(43-52)55-32-23-45-15-6-7-18-54(45)60(55)62(46-21-27-50(28-22-46)74-41-39-65-35-10-4-11-36-65)76-63(77(68,69)70)64(67,49-25-29-51(30-26-49)75-42-40-66-37-12-5-13-38-66)61-56-34-31-53(72-2)44-48(56)24-33-58(61)57-19-8-9-20-59(57)73-3/h6-9,14-22,25-31,34,43-44,62-63,67H,4-5,10-13,23-24,32-33,35-42H2,1-3H3,(H,68,69,70). The molecule has 4 aliphatic rings. The second-order valence-electron chi connectivity index (χ2n) is 20.6. The van der Waals surface area contributed by atoms with Crippen molar-refractivity contribution >= 4 is 32.4 Å². The number of allylic oxidation sites excluding steroid dienone is 2. The monoisotopic (exact) mass is 1060 g/mol. The second kappa shape index (κ2) is 24.5. The van der Waals surface area contributed by atoms with E-state index in [2.05, 4.69) is 15.9 Å². The van der Waals surface area contributed by atoms with E-state index in [-0.39, 0.29) is 11.1 Å². The van der Waals surface area contributed by atoms with Gasteiger partial charge in [-0.2, -0.15) is 8.42 Å². The highest BCUT2D eigenvalue weighted by Crippen LogP contribution is 2.54. The van der Waals surface area contributed by atoms with Gasteiger partial charge in [0.15, 0.2) is 5.60 Å². The molecule has 2 fully saturated rings. The molecule has 0 amide bonds. The minimum Gasteiger partial charge on any atom is -0.497 e. The van der Waals surface area contributed by atoms with Gasteiger partial charge in [-0.1, -0.05) is 97.8 Å². The Morgan fingerprint density at radius 3 is 1.75 bits per heavy atom. The van der Waals surface area contributed by atoms with Gasteiger partial charge in [-0.25, -0.2) is 0 Å². The molecule has 6 aromatic rings. The fourth-order valence-electron chi connectivity index (χ4n) is 12.0. The number of para-hydroxylation sites is 1. The van der Waals surface area contributed by atoms with Crippen molar-refractivity contribution in [2.24, 2.45) is 0 Å². The van der Waals surface area contributed by atoms with E-state index in [4.69, 9.17) is 28.4 Å². The van der Waals surface area contributed by atoms with Crippen LogP contribution in [-0.2, 0) is 33.3 Å². The average molecular weight is 1060 g/mol. The summed E-state index contributed by atoms with van der Waals surface area (Å²) in [5, 5.41) is 14.6. The van der Waals surface area contributed by atoms with Crippen molar-refractivity contribution < 1.29 is 46.5 Å². The summed E-state index contributed by atoms with van der Waals surface area (Å²) >= 11 is 0. The number of ether oxygens (including phenoxy) is 6. The van der Waals surface area contributed by atoms with Gasteiger partial charge in [0.2, 0.25) is 5.44 Å². The van der Waals surface area contributed by atoms with Gasteiger partial charge in [-0.3, -0.25) is 14.4 Å². The highest BCUT2D eigenvalue weighted by Gasteiger charge is 2.54. The fraction of sp³-hybridized carbons (Fsp3) is 0.375. The summed E-state index contributed by atoms with van der Waals surface area (Å²) in [6.45, 7) is 6.72. The minimum absolute atomic E-state index is 0.164. The van der Waals surface area contributed by atoms with Gasteiger partial charge in [-0.15, -0.1) is 0 Å². The molecule has 10 rings (SSSR count). The van der Waals surface area contributed by atoms with Gasteiger partial charge in [0.25, 0.3) is 10.1 Å². The molecule has 13 heteroatoms. The molecule has 2 aliphatic heterocycles. The lowest BCUT2D eigenvalue weighted by atomic mass is 9.72. The minimum atomic E-state index is -5.41. The number of rotatable bonds is 21. The van der Waals surface area contributed by atoms with E-state index in [1.54, 1.807) is 51.7 Å². The quantitative estimate of drug-likeness (QED) is 0.0664. The van der Waals surface area contributed by atoms with Crippen molar-refractivity contribution in [2.75, 3.05) is 73.8 Å². The molecule has 0 spiro atoms. The first kappa shape index (κ1) is 53.9. The molecule has 404 valence electrons. The number of piperidine rings is 2. The number of methoxy groups -OCH3 is 3. The summed E-state index contributed by atoms with van der Waals surface area (Å²) in [5.41, 5.74) is 3.06. The van der Waals surface area contributed by atoms with Crippen LogP contribution < -0.4 is 23.7 Å². The van der Waals surface area contributed by atoms with Gasteiger partial charge in [0, 0.05) is 24.2 Å². The topological polar surface area (TPSA) is 136 Å². The third kappa shape index (κ3) is 12.0. The van der Waals surface area contributed by atoms with Gasteiger partial charge in [-0.05, 0) is 188 Å². The Hall–Kier alpha value is -6.45. The first-order valence-corrected chi connectivity index (χ1v) is 28.8. The highest BCUT2D eigenvalue weighted by molar-refractivity contribution is 7.86. The van der Waals surface area contributed by atoms with Crippen molar-refractivity contribution in [3.8, 4) is 28.7 Å². The smallest absolute Gasteiger partial charge is 0.296 e. The number of benzene rings is 6.